The van der Waals surface area contributed by atoms with Gasteiger partial charge in [0.25, 0.3) is 0 Å². The second-order valence-electron chi connectivity index (χ2n) is 5.68. The number of hydrogen-bond acceptors (Lipinski definition) is 4. The molecule has 6 heteroatoms. The van der Waals surface area contributed by atoms with Crippen molar-refractivity contribution in [2.24, 2.45) is 0 Å². The molecule has 26 heavy (non-hydrogen) atoms. The zero-order chi connectivity index (χ0) is 18.8. The van der Waals surface area contributed by atoms with Gasteiger partial charge in [0.2, 0.25) is 5.91 Å². The molecule has 0 radical (unpaired) electrons. The van der Waals surface area contributed by atoms with Gasteiger partial charge >= 0.3 is 5.97 Å². The number of rotatable bonds is 10. The monoisotopic (exact) mass is 357 g/mol. The molecule has 0 heterocycles. The van der Waals surface area contributed by atoms with Crippen molar-refractivity contribution in [3.8, 4) is 11.5 Å². The van der Waals surface area contributed by atoms with Crippen LogP contribution in [0.25, 0.3) is 0 Å². The van der Waals surface area contributed by atoms with Crippen LogP contribution in [0.3, 0.4) is 0 Å². The van der Waals surface area contributed by atoms with Gasteiger partial charge in [0, 0.05) is 6.54 Å². The Bertz CT molecular complexity index is 710. The van der Waals surface area contributed by atoms with Crippen LogP contribution in [-0.4, -0.2) is 36.7 Å². The van der Waals surface area contributed by atoms with Gasteiger partial charge in [-0.25, -0.2) is 4.79 Å². The molecule has 0 aliphatic rings. The lowest BCUT2D eigenvalue weighted by atomic mass is 10.1. The molecular weight excluding hydrogens is 334 g/mol. The van der Waals surface area contributed by atoms with Gasteiger partial charge in [-0.05, 0) is 48.7 Å². The first-order valence-electron chi connectivity index (χ1n) is 8.49. The minimum atomic E-state index is -1.01. The Morgan fingerprint density at radius 1 is 0.923 bits per heavy atom. The molecule has 0 aliphatic carbocycles. The van der Waals surface area contributed by atoms with E-state index in [1.807, 2.05) is 43.3 Å². The summed E-state index contributed by atoms with van der Waals surface area (Å²) >= 11 is 0. The van der Waals surface area contributed by atoms with E-state index in [2.05, 4.69) is 5.32 Å². The average molecular weight is 357 g/mol. The minimum absolute atomic E-state index is 0.0319. The zero-order valence-corrected chi connectivity index (χ0v) is 14.7. The van der Waals surface area contributed by atoms with Crippen LogP contribution in [0.2, 0.25) is 0 Å². The van der Waals surface area contributed by atoms with E-state index in [1.165, 1.54) is 0 Å². The highest BCUT2D eigenvalue weighted by molar-refractivity contribution is 5.78. The van der Waals surface area contributed by atoms with Gasteiger partial charge in [0.05, 0.1) is 13.0 Å². The van der Waals surface area contributed by atoms with Crippen LogP contribution in [0.4, 0.5) is 0 Å². The average Bonchev–Trinajstić information content (AvgIpc) is 2.63. The predicted octanol–water partition coefficient (Wildman–Crippen LogP) is 2.45. The summed E-state index contributed by atoms with van der Waals surface area (Å²) < 4.78 is 10.5. The first kappa shape index (κ1) is 19.3. The lowest BCUT2D eigenvalue weighted by Crippen LogP contribution is -2.27. The molecule has 1 amide bonds. The normalized spacial score (nSPS) is 10.2. The second-order valence-corrected chi connectivity index (χ2v) is 5.68. The maximum atomic E-state index is 12.0. The van der Waals surface area contributed by atoms with Gasteiger partial charge in [0.1, 0.15) is 11.5 Å². The molecule has 0 atom stereocenters. The number of amides is 1. The topological polar surface area (TPSA) is 84.9 Å². The van der Waals surface area contributed by atoms with E-state index < -0.39 is 5.97 Å². The molecule has 2 N–H and O–H groups in total. The number of carbonyl (C=O) groups excluding carboxylic acids is 1. The Balaban J connectivity index is 1.71. The number of nitrogens with one attached hydrogen (secondary N) is 1. The summed E-state index contributed by atoms with van der Waals surface area (Å²) in [6.45, 7) is 2.72. The van der Waals surface area contributed by atoms with Crippen LogP contribution in [-0.2, 0) is 22.4 Å². The Labute approximate surface area is 152 Å². The van der Waals surface area contributed by atoms with Crippen LogP contribution in [0.15, 0.2) is 48.5 Å². The third-order valence-electron chi connectivity index (χ3n) is 3.62. The highest BCUT2D eigenvalue weighted by Crippen LogP contribution is 2.13. The van der Waals surface area contributed by atoms with Crippen molar-refractivity contribution < 1.29 is 24.2 Å². The van der Waals surface area contributed by atoms with Gasteiger partial charge in [-0.2, -0.15) is 0 Å². The molecule has 0 aromatic heterocycles. The van der Waals surface area contributed by atoms with Gasteiger partial charge in [-0.3, -0.25) is 4.79 Å². The van der Waals surface area contributed by atoms with Crippen LogP contribution >= 0.6 is 0 Å². The van der Waals surface area contributed by atoms with E-state index in [0.717, 1.165) is 16.9 Å². The first-order chi connectivity index (χ1) is 12.6. The van der Waals surface area contributed by atoms with Crippen molar-refractivity contribution in [3.05, 3.63) is 59.7 Å². The molecule has 0 saturated carbocycles. The van der Waals surface area contributed by atoms with Crippen molar-refractivity contribution in [2.45, 2.75) is 19.8 Å². The van der Waals surface area contributed by atoms with Gasteiger partial charge < -0.3 is 19.9 Å². The Hall–Kier alpha value is -3.02. The second kappa shape index (κ2) is 10.1. The SMILES string of the molecule is CCOc1ccc(CC(=O)NCCc2ccc(OCC(=O)O)cc2)cc1. The molecule has 0 saturated heterocycles. The van der Waals surface area contributed by atoms with Crippen molar-refractivity contribution in [1.82, 2.24) is 5.32 Å². The van der Waals surface area contributed by atoms with Crippen LogP contribution in [0.1, 0.15) is 18.1 Å². The van der Waals surface area contributed by atoms with E-state index in [1.54, 1.807) is 12.1 Å². The molecule has 2 aromatic rings. The van der Waals surface area contributed by atoms with Crippen molar-refractivity contribution >= 4 is 11.9 Å². The van der Waals surface area contributed by atoms with E-state index in [9.17, 15) is 9.59 Å². The number of carboxylic acids is 1. The van der Waals surface area contributed by atoms with Crippen molar-refractivity contribution in [3.63, 3.8) is 0 Å². The molecule has 2 rings (SSSR count). The summed E-state index contributed by atoms with van der Waals surface area (Å²) in [7, 11) is 0. The van der Waals surface area contributed by atoms with E-state index in [-0.39, 0.29) is 12.5 Å². The van der Waals surface area contributed by atoms with Gasteiger partial charge in [-0.15, -0.1) is 0 Å². The molecule has 0 unspecified atom stereocenters. The first-order valence-corrected chi connectivity index (χ1v) is 8.49. The Kier molecular flexibility index (Phi) is 7.49. The van der Waals surface area contributed by atoms with Crippen LogP contribution in [0.5, 0.6) is 11.5 Å². The molecule has 2 aromatic carbocycles. The van der Waals surface area contributed by atoms with Gasteiger partial charge in [0.15, 0.2) is 6.61 Å². The summed E-state index contributed by atoms with van der Waals surface area (Å²) in [5.74, 6) is 0.267. The van der Waals surface area contributed by atoms with Gasteiger partial charge in [-0.1, -0.05) is 24.3 Å². The van der Waals surface area contributed by atoms with E-state index >= 15 is 0 Å². The smallest absolute Gasteiger partial charge is 0.341 e. The minimum Gasteiger partial charge on any atom is -0.494 e. The number of aliphatic carboxylic acids is 1. The summed E-state index contributed by atoms with van der Waals surface area (Å²) in [5.41, 5.74) is 1.97. The number of benzene rings is 2. The predicted molar refractivity (Wildman–Crippen MR) is 97.6 cm³/mol. The highest BCUT2D eigenvalue weighted by atomic mass is 16.5. The van der Waals surface area contributed by atoms with E-state index in [0.29, 0.717) is 31.7 Å². The maximum absolute atomic E-state index is 12.0. The third kappa shape index (κ3) is 6.84. The maximum Gasteiger partial charge on any atom is 0.341 e. The molecule has 0 spiro atoms. The fourth-order valence-electron chi connectivity index (χ4n) is 2.36. The third-order valence-corrected chi connectivity index (χ3v) is 3.62. The summed E-state index contributed by atoms with van der Waals surface area (Å²) in [6, 6.07) is 14.7. The number of ether oxygens (including phenoxy) is 2. The van der Waals surface area contributed by atoms with Crippen molar-refractivity contribution in [2.75, 3.05) is 19.8 Å². The van der Waals surface area contributed by atoms with Crippen molar-refractivity contribution in [1.29, 1.82) is 0 Å². The van der Waals surface area contributed by atoms with Crippen LogP contribution in [0, 0.1) is 0 Å². The highest BCUT2D eigenvalue weighted by Gasteiger charge is 2.04. The lowest BCUT2D eigenvalue weighted by molar-refractivity contribution is -0.139. The molecule has 138 valence electrons. The number of carboxylic acid groups (broad SMARTS) is 1. The summed E-state index contributed by atoms with van der Waals surface area (Å²) in [4.78, 5) is 22.4. The standard InChI is InChI=1S/C20H23NO5/c1-2-25-17-9-5-16(6-10-17)13-19(22)21-12-11-15-3-7-18(8-4-15)26-14-20(23)24/h3-10H,2,11-14H2,1H3,(H,21,22)(H,23,24). The summed E-state index contributed by atoms with van der Waals surface area (Å²) in [5, 5.41) is 11.5. The number of carbonyl (C=O) groups is 2. The quantitative estimate of drug-likeness (QED) is 0.682. The van der Waals surface area contributed by atoms with Crippen LogP contribution < -0.4 is 14.8 Å². The molecule has 0 bridgehead atoms. The molecule has 0 fully saturated rings. The Morgan fingerprint density at radius 3 is 2.08 bits per heavy atom. The van der Waals surface area contributed by atoms with E-state index in [4.69, 9.17) is 14.6 Å². The Morgan fingerprint density at radius 2 is 1.50 bits per heavy atom. The molecule has 6 nitrogen and oxygen atoms in total. The molecular formula is C20H23NO5. The fourth-order valence-corrected chi connectivity index (χ4v) is 2.36. The largest absolute Gasteiger partial charge is 0.494 e. The lowest BCUT2D eigenvalue weighted by Gasteiger charge is -2.08. The number of hydrogen-bond donors (Lipinski definition) is 2. The zero-order valence-electron chi connectivity index (χ0n) is 14.7. The summed E-state index contributed by atoms with van der Waals surface area (Å²) in [6.07, 6.45) is 1.02. The fraction of sp³-hybridized carbons (Fsp3) is 0.300. The molecule has 0 aliphatic heterocycles.